The Morgan fingerprint density at radius 2 is 1.89 bits per heavy atom. The predicted octanol–water partition coefficient (Wildman–Crippen LogP) is 8.44. The van der Waals surface area contributed by atoms with Gasteiger partial charge in [0.15, 0.2) is 0 Å². The molecule has 0 bridgehead atoms. The first-order valence-corrected chi connectivity index (χ1v) is 12.9. The minimum atomic E-state index is -0.542. The summed E-state index contributed by atoms with van der Waals surface area (Å²) in [6.45, 7) is 12.6. The number of methoxy groups -OCH3 is 1. The van der Waals surface area contributed by atoms with Crippen molar-refractivity contribution >= 4 is 23.5 Å². The van der Waals surface area contributed by atoms with E-state index in [1.807, 2.05) is 32.1 Å². The zero-order valence-corrected chi connectivity index (χ0v) is 23.4. The molecule has 0 aromatic heterocycles. The molecule has 0 amide bonds. The van der Waals surface area contributed by atoms with Crippen LogP contribution < -0.4 is 4.74 Å². The second-order valence-corrected chi connectivity index (χ2v) is 10.4. The molecule has 1 unspecified atom stereocenters. The van der Waals surface area contributed by atoms with Crippen LogP contribution in [-0.2, 0) is 14.3 Å². The fraction of sp³-hybridized carbons (Fsp3) is 0.419. The van der Waals surface area contributed by atoms with Crippen molar-refractivity contribution in [1.82, 2.24) is 0 Å². The second-order valence-electron chi connectivity index (χ2n) is 10.0. The molecule has 0 saturated heterocycles. The topological polar surface area (TPSA) is 52.6 Å². The van der Waals surface area contributed by atoms with Crippen LogP contribution in [0.25, 0.3) is 0 Å². The number of esters is 2. The summed E-state index contributed by atoms with van der Waals surface area (Å²) in [5.74, 6) is -1.21. The van der Waals surface area contributed by atoms with Gasteiger partial charge in [-0.25, -0.2) is 4.79 Å². The summed E-state index contributed by atoms with van der Waals surface area (Å²) < 4.78 is 10.5. The van der Waals surface area contributed by atoms with Gasteiger partial charge in [0.25, 0.3) is 0 Å². The molecule has 0 spiro atoms. The molecule has 4 nitrogen and oxygen atoms in total. The van der Waals surface area contributed by atoms with Crippen LogP contribution in [0.1, 0.15) is 78.7 Å². The van der Waals surface area contributed by atoms with Crippen molar-refractivity contribution in [2.75, 3.05) is 7.11 Å². The van der Waals surface area contributed by atoms with Crippen molar-refractivity contribution in [1.29, 1.82) is 0 Å². The van der Waals surface area contributed by atoms with Gasteiger partial charge in [0.05, 0.1) is 13.0 Å². The molecular weight excluding hydrogens is 472 g/mol. The van der Waals surface area contributed by atoms with E-state index in [9.17, 15) is 9.59 Å². The van der Waals surface area contributed by atoms with Gasteiger partial charge in [-0.05, 0) is 75.1 Å². The molecular formula is C31H39ClO4. The number of carbonyl (C=O) groups is 2. The van der Waals surface area contributed by atoms with Crippen molar-refractivity contribution in [3.05, 3.63) is 87.5 Å². The molecule has 5 heteroatoms. The maximum atomic E-state index is 12.6. The lowest BCUT2D eigenvalue weighted by atomic mass is 9.72. The lowest BCUT2D eigenvalue weighted by Crippen LogP contribution is -2.19. The average Bonchev–Trinajstić information content (AvgIpc) is 2.79. The summed E-state index contributed by atoms with van der Waals surface area (Å²) in [6, 6.07) is 4.90. The Morgan fingerprint density at radius 1 is 1.17 bits per heavy atom. The van der Waals surface area contributed by atoms with Crippen molar-refractivity contribution < 1.29 is 19.1 Å². The third-order valence-electron chi connectivity index (χ3n) is 6.57. The number of allylic oxidation sites excluding steroid dienone is 9. The van der Waals surface area contributed by atoms with Crippen molar-refractivity contribution in [3.63, 3.8) is 0 Å². The number of rotatable bonds is 9. The van der Waals surface area contributed by atoms with E-state index in [0.717, 1.165) is 11.1 Å². The van der Waals surface area contributed by atoms with E-state index in [-0.39, 0.29) is 17.1 Å². The van der Waals surface area contributed by atoms with Gasteiger partial charge in [0.1, 0.15) is 5.75 Å². The third kappa shape index (κ3) is 8.37. The molecule has 0 N–H and O–H groups in total. The highest BCUT2D eigenvalue weighted by molar-refractivity contribution is 6.30. The van der Waals surface area contributed by atoms with Crippen LogP contribution in [0.4, 0.5) is 0 Å². The summed E-state index contributed by atoms with van der Waals surface area (Å²) in [5, 5.41) is 0.415. The van der Waals surface area contributed by atoms with E-state index in [1.54, 1.807) is 18.2 Å². The van der Waals surface area contributed by atoms with Gasteiger partial charge in [0.2, 0.25) is 0 Å². The van der Waals surface area contributed by atoms with Crippen molar-refractivity contribution in [2.45, 2.75) is 73.1 Å². The van der Waals surface area contributed by atoms with Crippen LogP contribution in [0.15, 0.2) is 76.9 Å². The molecule has 1 aliphatic carbocycles. The fourth-order valence-corrected chi connectivity index (χ4v) is 4.71. The third-order valence-corrected chi connectivity index (χ3v) is 6.81. The van der Waals surface area contributed by atoms with E-state index in [2.05, 4.69) is 39.8 Å². The first-order valence-electron chi connectivity index (χ1n) is 12.5. The molecule has 0 fully saturated rings. The number of hydrogen-bond acceptors (Lipinski definition) is 4. The Kier molecular flexibility index (Phi) is 11.0. The number of ether oxygens (including phenoxy) is 2. The molecule has 1 aromatic rings. The molecule has 194 valence electrons. The van der Waals surface area contributed by atoms with E-state index in [1.165, 1.54) is 43.6 Å². The predicted molar refractivity (Wildman–Crippen MR) is 148 cm³/mol. The summed E-state index contributed by atoms with van der Waals surface area (Å²) in [7, 11) is 1.34. The minimum Gasteiger partial charge on any atom is -0.469 e. The van der Waals surface area contributed by atoms with Crippen LogP contribution in [0, 0.1) is 5.41 Å². The molecule has 0 radical (unpaired) electrons. The molecule has 0 saturated carbocycles. The molecule has 36 heavy (non-hydrogen) atoms. The van der Waals surface area contributed by atoms with E-state index < -0.39 is 11.9 Å². The van der Waals surface area contributed by atoms with Gasteiger partial charge in [0, 0.05) is 16.7 Å². The molecule has 0 aliphatic heterocycles. The molecule has 2 rings (SSSR count). The smallest absolute Gasteiger partial charge is 0.336 e. The van der Waals surface area contributed by atoms with Crippen LogP contribution in [-0.4, -0.2) is 19.0 Å². The van der Waals surface area contributed by atoms with Crippen LogP contribution in [0.5, 0.6) is 5.75 Å². The van der Waals surface area contributed by atoms with E-state index in [0.29, 0.717) is 17.0 Å². The summed E-state index contributed by atoms with van der Waals surface area (Å²) in [5.41, 5.74) is 5.56. The van der Waals surface area contributed by atoms with E-state index in [4.69, 9.17) is 21.1 Å². The minimum absolute atomic E-state index is 0.214. The first-order chi connectivity index (χ1) is 17.0. The maximum absolute atomic E-state index is 12.6. The van der Waals surface area contributed by atoms with E-state index >= 15 is 0 Å². The monoisotopic (exact) mass is 510 g/mol. The van der Waals surface area contributed by atoms with Gasteiger partial charge < -0.3 is 9.47 Å². The Morgan fingerprint density at radius 3 is 2.53 bits per heavy atom. The highest BCUT2D eigenvalue weighted by atomic mass is 35.5. The maximum Gasteiger partial charge on any atom is 0.336 e. The second kappa shape index (κ2) is 13.5. The van der Waals surface area contributed by atoms with Gasteiger partial charge in [-0.3, -0.25) is 4.79 Å². The standard InChI is InChI=1S/C31H39ClO4/c1-8-25(30(34)35-7)26-16-15-24(32)20-28(26)36-29(33)19-22(3)12-9-11-21(2)14-17-27-23(4)13-10-18-31(27,5)6/h9,11-12,14-17,19-20,25H,8,10,13,18H2,1-7H3/b12-9?,17-14?,21-11?,22-19-. The van der Waals surface area contributed by atoms with Crippen LogP contribution >= 0.6 is 11.6 Å². The highest BCUT2D eigenvalue weighted by Gasteiger charge is 2.26. The average molecular weight is 511 g/mol. The number of carbonyl (C=O) groups excluding carboxylic acids is 2. The van der Waals surface area contributed by atoms with Gasteiger partial charge in [-0.15, -0.1) is 0 Å². The zero-order valence-electron chi connectivity index (χ0n) is 22.6. The summed E-state index contributed by atoms with van der Waals surface area (Å²) in [6.07, 6.45) is 15.7. The Bertz CT molecular complexity index is 1120. The van der Waals surface area contributed by atoms with Crippen molar-refractivity contribution in [3.8, 4) is 5.75 Å². The van der Waals surface area contributed by atoms with Gasteiger partial charge in [-0.1, -0.05) is 80.0 Å². The lowest BCUT2D eigenvalue weighted by molar-refractivity contribution is -0.142. The fourth-order valence-electron chi connectivity index (χ4n) is 4.54. The van der Waals surface area contributed by atoms with Gasteiger partial charge in [-0.2, -0.15) is 0 Å². The zero-order chi connectivity index (χ0) is 26.9. The number of hydrogen-bond donors (Lipinski definition) is 0. The van der Waals surface area contributed by atoms with Crippen LogP contribution in [0.3, 0.4) is 0 Å². The van der Waals surface area contributed by atoms with Crippen LogP contribution in [0.2, 0.25) is 5.02 Å². The number of benzene rings is 1. The highest BCUT2D eigenvalue weighted by Crippen LogP contribution is 2.40. The molecule has 1 atom stereocenters. The summed E-state index contributed by atoms with van der Waals surface area (Å²) in [4.78, 5) is 24.8. The SMILES string of the molecule is CCC(C(=O)OC)c1ccc(Cl)cc1OC(=O)/C=C(/C)C=CC=C(C)C=CC1=C(C)CCCC1(C)C. The first kappa shape index (κ1) is 29.4. The Hall–Kier alpha value is -2.85. The number of halogens is 1. The normalized spacial score (nSPS) is 17.6. The largest absolute Gasteiger partial charge is 0.469 e. The molecule has 1 aromatic carbocycles. The quantitative estimate of drug-likeness (QED) is 0.145. The Labute approximate surface area is 221 Å². The van der Waals surface area contributed by atoms with Gasteiger partial charge >= 0.3 is 11.9 Å². The Balaban J connectivity index is 2.10. The lowest BCUT2D eigenvalue weighted by Gasteiger charge is -2.32. The molecule has 1 aliphatic rings. The molecule has 0 heterocycles. The summed E-state index contributed by atoms with van der Waals surface area (Å²) >= 11 is 6.12. The van der Waals surface area contributed by atoms with Crippen molar-refractivity contribution in [2.24, 2.45) is 5.41 Å².